The first-order valence-electron chi connectivity index (χ1n) is 4.99. The molecule has 1 saturated heterocycles. The number of nitrogen functional groups attached to an aromatic ring is 1. The summed E-state index contributed by atoms with van der Waals surface area (Å²) in [6.07, 6.45) is 3.77. The van der Waals surface area contributed by atoms with E-state index >= 15 is 0 Å². The van der Waals surface area contributed by atoms with Crippen molar-refractivity contribution in [3.05, 3.63) is 18.1 Å². The van der Waals surface area contributed by atoms with Crippen molar-refractivity contribution >= 4 is 11.7 Å². The molecule has 1 unspecified atom stereocenters. The zero-order valence-electron chi connectivity index (χ0n) is 8.68. The van der Waals surface area contributed by atoms with Gasteiger partial charge < -0.3 is 10.6 Å². The minimum Gasteiger partial charge on any atom is -0.382 e. The number of nitrogens with zero attached hydrogens (tertiary/aromatic N) is 3. The molecule has 2 rings (SSSR count). The average molecular weight is 206 g/mol. The highest BCUT2D eigenvalue weighted by Gasteiger charge is 2.26. The fraction of sp³-hybridized carbons (Fsp3) is 0.500. The fourth-order valence-electron chi connectivity index (χ4n) is 1.76. The molecule has 0 radical (unpaired) electrons. The second-order valence-electron chi connectivity index (χ2n) is 4.02. The molecule has 0 aromatic carbocycles. The number of nitrogens with two attached hydrogens (primary N) is 1. The van der Waals surface area contributed by atoms with Crippen molar-refractivity contribution in [2.75, 3.05) is 12.3 Å². The number of carbonyl (C=O) groups excluding carboxylic acids is 1. The van der Waals surface area contributed by atoms with Crippen LogP contribution in [-0.2, 0) is 11.3 Å². The van der Waals surface area contributed by atoms with Gasteiger partial charge in [-0.1, -0.05) is 6.92 Å². The largest absolute Gasteiger partial charge is 0.382 e. The third-order valence-corrected chi connectivity index (χ3v) is 2.49. The van der Waals surface area contributed by atoms with Crippen LogP contribution in [0.1, 0.15) is 19.0 Å². The summed E-state index contributed by atoms with van der Waals surface area (Å²) >= 11 is 0. The van der Waals surface area contributed by atoms with Gasteiger partial charge in [0.2, 0.25) is 5.91 Å². The van der Waals surface area contributed by atoms with Crippen LogP contribution in [0.2, 0.25) is 0 Å². The van der Waals surface area contributed by atoms with Crippen LogP contribution in [0.15, 0.2) is 12.4 Å². The molecule has 15 heavy (non-hydrogen) atoms. The number of anilines is 1. The third-order valence-electron chi connectivity index (χ3n) is 2.49. The van der Waals surface area contributed by atoms with Gasteiger partial charge in [-0.15, -0.1) is 0 Å². The van der Waals surface area contributed by atoms with E-state index in [0.717, 1.165) is 12.2 Å². The minimum absolute atomic E-state index is 0.195. The maximum absolute atomic E-state index is 11.5. The number of aromatic nitrogens is 2. The van der Waals surface area contributed by atoms with Gasteiger partial charge in [-0.2, -0.15) is 0 Å². The average Bonchev–Trinajstić information content (AvgIpc) is 2.49. The van der Waals surface area contributed by atoms with Gasteiger partial charge in [0.25, 0.3) is 0 Å². The van der Waals surface area contributed by atoms with Crippen LogP contribution < -0.4 is 5.73 Å². The molecule has 0 saturated carbocycles. The van der Waals surface area contributed by atoms with E-state index < -0.39 is 0 Å². The molecule has 1 aliphatic heterocycles. The lowest BCUT2D eigenvalue weighted by atomic mass is 10.2. The zero-order chi connectivity index (χ0) is 10.8. The quantitative estimate of drug-likeness (QED) is 0.761. The zero-order valence-corrected chi connectivity index (χ0v) is 8.68. The van der Waals surface area contributed by atoms with Gasteiger partial charge in [-0.05, 0) is 5.92 Å². The summed E-state index contributed by atoms with van der Waals surface area (Å²) in [7, 11) is 0. The molecule has 1 aliphatic rings. The Bertz CT molecular complexity index is 362. The smallest absolute Gasteiger partial charge is 0.223 e. The number of hydrogen-bond acceptors (Lipinski definition) is 4. The van der Waals surface area contributed by atoms with Gasteiger partial charge in [0.15, 0.2) is 0 Å². The topological polar surface area (TPSA) is 72.1 Å². The van der Waals surface area contributed by atoms with Crippen LogP contribution in [0.5, 0.6) is 0 Å². The van der Waals surface area contributed by atoms with Crippen molar-refractivity contribution in [3.63, 3.8) is 0 Å². The lowest BCUT2D eigenvalue weighted by Crippen LogP contribution is -2.25. The van der Waals surface area contributed by atoms with Crippen LogP contribution in [0.25, 0.3) is 0 Å². The van der Waals surface area contributed by atoms with E-state index in [9.17, 15) is 4.79 Å². The normalized spacial score (nSPS) is 21.0. The number of amides is 1. The number of likely N-dealkylation sites (tertiary alicyclic amines) is 1. The van der Waals surface area contributed by atoms with E-state index in [1.165, 1.54) is 6.20 Å². The minimum atomic E-state index is 0.195. The van der Waals surface area contributed by atoms with E-state index in [4.69, 9.17) is 5.73 Å². The molecule has 1 fully saturated rings. The van der Waals surface area contributed by atoms with Gasteiger partial charge in [0, 0.05) is 13.0 Å². The fourth-order valence-corrected chi connectivity index (χ4v) is 1.76. The summed E-state index contributed by atoms with van der Waals surface area (Å²) in [6, 6.07) is 0. The number of hydrogen-bond donors (Lipinski definition) is 1. The van der Waals surface area contributed by atoms with Crippen molar-refractivity contribution in [1.29, 1.82) is 0 Å². The lowest BCUT2D eigenvalue weighted by molar-refractivity contribution is -0.128. The van der Waals surface area contributed by atoms with E-state index in [2.05, 4.69) is 16.9 Å². The van der Waals surface area contributed by atoms with Crippen LogP contribution in [0.3, 0.4) is 0 Å². The Hall–Kier alpha value is -1.65. The highest BCUT2D eigenvalue weighted by atomic mass is 16.2. The molecule has 0 spiro atoms. The Morgan fingerprint density at radius 2 is 2.33 bits per heavy atom. The molecule has 1 atom stereocenters. The molecule has 0 bridgehead atoms. The second kappa shape index (κ2) is 3.84. The molecular weight excluding hydrogens is 192 g/mol. The number of rotatable bonds is 2. The predicted octanol–water partition coefficient (Wildman–Crippen LogP) is 0.427. The van der Waals surface area contributed by atoms with Crippen LogP contribution >= 0.6 is 0 Å². The van der Waals surface area contributed by atoms with Crippen LogP contribution in [0, 0.1) is 5.92 Å². The molecule has 0 aliphatic carbocycles. The first-order chi connectivity index (χ1) is 7.15. The molecule has 5 nitrogen and oxygen atoms in total. The summed E-state index contributed by atoms with van der Waals surface area (Å²) < 4.78 is 0. The first kappa shape index (κ1) is 9.89. The maximum atomic E-state index is 11.5. The molecule has 1 aromatic heterocycles. The van der Waals surface area contributed by atoms with Crippen molar-refractivity contribution in [2.45, 2.75) is 19.9 Å². The molecule has 5 heteroatoms. The Labute approximate surface area is 88.3 Å². The molecule has 1 aromatic rings. The van der Waals surface area contributed by atoms with E-state index in [-0.39, 0.29) is 5.91 Å². The SMILES string of the molecule is CC1CC(=O)N(Cc2cnc(N)cn2)C1. The summed E-state index contributed by atoms with van der Waals surface area (Å²) in [6.45, 7) is 3.42. The predicted molar refractivity (Wildman–Crippen MR) is 55.6 cm³/mol. The van der Waals surface area contributed by atoms with Crippen molar-refractivity contribution in [2.24, 2.45) is 5.92 Å². The van der Waals surface area contributed by atoms with Gasteiger partial charge in [-0.3, -0.25) is 9.78 Å². The van der Waals surface area contributed by atoms with Crippen molar-refractivity contribution in [1.82, 2.24) is 14.9 Å². The third kappa shape index (κ3) is 2.23. The van der Waals surface area contributed by atoms with Gasteiger partial charge in [0.1, 0.15) is 5.82 Å². The number of carbonyl (C=O) groups is 1. The van der Waals surface area contributed by atoms with E-state index in [1.54, 1.807) is 6.20 Å². The molecule has 2 heterocycles. The van der Waals surface area contributed by atoms with Crippen molar-refractivity contribution < 1.29 is 4.79 Å². The Morgan fingerprint density at radius 1 is 1.53 bits per heavy atom. The van der Waals surface area contributed by atoms with Crippen LogP contribution in [-0.4, -0.2) is 27.3 Å². The molecule has 1 amide bonds. The van der Waals surface area contributed by atoms with Gasteiger partial charge >= 0.3 is 0 Å². The van der Waals surface area contributed by atoms with Gasteiger partial charge in [0.05, 0.1) is 24.6 Å². The van der Waals surface area contributed by atoms with Gasteiger partial charge in [-0.25, -0.2) is 4.98 Å². The Morgan fingerprint density at radius 3 is 2.87 bits per heavy atom. The molecule has 2 N–H and O–H groups in total. The highest BCUT2D eigenvalue weighted by molar-refractivity contribution is 5.78. The Balaban J connectivity index is 2.03. The van der Waals surface area contributed by atoms with E-state index in [0.29, 0.717) is 24.7 Å². The first-order valence-corrected chi connectivity index (χ1v) is 4.99. The summed E-state index contributed by atoms with van der Waals surface area (Å²) in [4.78, 5) is 21.4. The van der Waals surface area contributed by atoms with E-state index in [1.807, 2.05) is 4.90 Å². The summed E-state index contributed by atoms with van der Waals surface area (Å²) in [5, 5.41) is 0. The molecular formula is C10H14N4O. The highest BCUT2D eigenvalue weighted by Crippen LogP contribution is 2.18. The monoisotopic (exact) mass is 206 g/mol. The summed E-state index contributed by atoms with van der Waals surface area (Å²) in [5.41, 5.74) is 6.21. The second-order valence-corrected chi connectivity index (χ2v) is 4.02. The molecule has 80 valence electrons. The summed E-state index contributed by atoms with van der Waals surface area (Å²) in [5.74, 6) is 1.04. The standard InChI is InChI=1S/C10H14N4O/c1-7-2-10(15)14(5-7)6-8-3-13-9(11)4-12-8/h3-4,7H,2,5-6H2,1H3,(H2,11,13). The Kier molecular flexibility index (Phi) is 2.53. The van der Waals surface area contributed by atoms with Crippen LogP contribution in [0.4, 0.5) is 5.82 Å². The lowest BCUT2D eigenvalue weighted by Gasteiger charge is -2.14. The van der Waals surface area contributed by atoms with Crippen molar-refractivity contribution in [3.8, 4) is 0 Å². The maximum Gasteiger partial charge on any atom is 0.223 e.